The van der Waals surface area contributed by atoms with E-state index in [4.69, 9.17) is 4.74 Å². The predicted octanol–water partition coefficient (Wildman–Crippen LogP) is 3.78. The molecule has 0 radical (unpaired) electrons. The van der Waals surface area contributed by atoms with Crippen LogP contribution in [0.3, 0.4) is 0 Å². The van der Waals surface area contributed by atoms with Gasteiger partial charge in [-0.15, -0.1) is 35.3 Å². The van der Waals surface area contributed by atoms with Crippen molar-refractivity contribution in [2.24, 2.45) is 4.99 Å². The second-order valence-electron chi connectivity index (χ2n) is 5.43. The van der Waals surface area contributed by atoms with Crippen LogP contribution in [0.1, 0.15) is 33.6 Å². The summed E-state index contributed by atoms with van der Waals surface area (Å²) in [5.74, 6) is 0.784. The van der Waals surface area contributed by atoms with E-state index in [0.29, 0.717) is 13.2 Å². The van der Waals surface area contributed by atoms with E-state index in [0.717, 1.165) is 29.8 Å². The molecule has 0 aliphatic carbocycles. The molecule has 0 spiro atoms. The Kier molecular flexibility index (Phi) is 9.99. The molecule has 0 unspecified atom stereocenters. The van der Waals surface area contributed by atoms with Crippen LogP contribution in [0.25, 0.3) is 0 Å². The van der Waals surface area contributed by atoms with E-state index < -0.39 is 0 Å². The normalized spacial score (nSPS) is 11.1. The molecule has 2 rings (SSSR count). The molecule has 0 bridgehead atoms. The van der Waals surface area contributed by atoms with Crippen LogP contribution in [0.2, 0.25) is 0 Å². The van der Waals surface area contributed by atoms with Gasteiger partial charge in [-0.05, 0) is 31.9 Å². The van der Waals surface area contributed by atoms with Crippen molar-refractivity contribution in [3.8, 4) is 0 Å². The molecule has 1 aromatic carbocycles. The van der Waals surface area contributed by atoms with Crippen LogP contribution in [-0.2, 0) is 24.4 Å². The molecule has 25 heavy (non-hydrogen) atoms. The lowest BCUT2D eigenvalue weighted by Gasteiger charge is -2.14. The number of ether oxygens (including phenoxy) is 1. The molecular weight excluding hydrogens is 447 g/mol. The first-order chi connectivity index (χ1) is 11.6. The summed E-state index contributed by atoms with van der Waals surface area (Å²) in [5.41, 5.74) is 3.51. The zero-order chi connectivity index (χ0) is 17.4. The van der Waals surface area contributed by atoms with Crippen LogP contribution >= 0.6 is 35.3 Å². The van der Waals surface area contributed by atoms with E-state index in [1.165, 1.54) is 16.0 Å². The van der Waals surface area contributed by atoms with Crippen LogP contribution in [0, 0.1) is 13.8 Å². The van der Waals surface area contributed by atoms with Gasteiger partial charge in [-0.1, -0.05) is 24.3 Å². The lowest BCUT2D eigenvalue weighted by molar-refractivity contribution is 0.133. The maximum atomic E-state index is 5.53. The van der Waals surface area contributed by atoms with Gasteiger partial charge < -0.3 is 15.4 Å². The third kappa shape index (κ3) is 6.91. The van der Waals surface area contributed by atoms with Crippen molar-refractivity contribution in [3.05, 3.63) is 51.0 Å². The van der Waals surface area contributed by atoms with Crippen molar-refractivity contribution < 1.29 is 4.74 Å². The van der Waals surface area contributed by atoms with E-state index in [2.05, 4.69) is 32.7 Å². The molecule has 1 heterocycles. The molecule has 0 aliphatic rings. The molecule has 2 N–H and O–H groups in total. The van der Waals surface area contributed by atoms with Crippen LogP contribution in [-0.4, -0.2) is 24.6 Å². The molecular formula is C18H27IN4OS. The SMILES string of the molecule is CCOCc1ccccc1CNC(=NC)NCc1sc(C)nc1C.I. The second-order valence-corrected chi connectivity index (χ2v) is 6.71. The minimum absolute atomic E-state index is 0. The van der Waals surface area contributed by atoms with E-state index in [-0.39, 0.29) is 24.0 Å². The van der Waals surface area contributed by atoms with Crippen molar-refractivity contribution in [3.63, 3.8) is 0 Å². The first kappa shape index (κ1) is 21.9. The Morgan fingerprint density at radius 3 is 2.44 bits per heavy atom. The molecule has 0 saturated heterocycles. The van der Waals surface area contributed by atoms with Crippen LogP contribution in [0.5, 0.6) is 0 Å². The number of aromatic nitrogens is 1. The molecule has 1 aromatic heterocycles. The van der Waals surface area contributed by atoms with Crippen LogP contribution < -0.4 is 10.6 Å². The zero-order valence-corrected chi connectivity index (χ0v) is 18.4. The summed E-state index contributed by atoms with van der Waals surface area (Å²) >= 11 is 1.72. The Hall–Kier alpha value is -1.19. The fourth-order valence-electron chi connectivity index (χ4n) is 2.38. The fraction of sp³-hybridized carbons (Fsp3) is 0.444. The Bertz CT molecular complexity index is 687. The molecule has 0 saturated carbocycles. The quantitative estimate of drug-likeness (QED) is 0.365. The lowest BCUT2D eigenvalue weighted by Crippen LogP contribution is -2.36. The molecule has 2 aromatic rings. The van der Waals surface area contributed by atoms with E-state index in [9.17, 15) is 0 Å². The van der Waals surface area contributed by atoms with E-state index in [1.807, 2.05) is 32.9 Å². The Labute approximate surface area is 171 Å². The summed E-state index contributed by atoms with van der Waals surface area (Å²) in [6, 6.07) is 8.31. The van der Waals surface area contributed by atoms with Crippen molar-refractivity contribution in [1.29, 1.82) is 0 Å². The smallest absolute Gasteiger partial charge is 0.191 e. The average Bonchev–Trinajstić information content (AvgIpc) is 2.91. The van der Waals surface area contributed by atoms with Gasteiger partial charge in [0.15, 0.2) is 5.96 Å². The van der Waals surface area contributed by atoms with Gasteiger partial charge in [0.05, 0.1) is 23.9 Å². The molecule has 0 amide bonds. The number of rotatable bonds is 7. The van der Waals surface area contributed by atoms with E-state index in [1.54, 1.807) is 18.4 Å². The number of thiazole rings is 1. The van der Waals surface area contributed by atoms with Gasteiger partial charge in [-0.25, -0.2) is 4.98 Å². The van der Waals surface area contributed by atoms with E-state index >= 15 is 0 Å². The molecule has 5 nitrogen and oxygen atoms in total. The number of hydrogen-bond acceptors (Lipinski definition) is 4. The van der Waals surface area contributed by atoms with Gasteiger partial charge in [-0.3, -0.25) is 4.99 Å². The summed E-state index contributed by atoms with van der Waals surface area (Å²) in [4.78, 5) is 9.99. The summed E-state index contributed by atoms with van der Waals surface area (Å²) < 4.78 is 5.53. The zero-order valence-electron chi connectivity index (χ0n) is 15.3. The minimum atomic E-state index is 0. The summed E-state index contributed by atoms with van der Waals surface area (Å²) in [5, 5.41) is 7.81. The largest absolute Gasteiger partial charge is 0.377 e. The monoisotopic (exact) mass is 474 g/mol. The Balaban J connectivity index is 0.00000312. The van der Waals surface area contributed by atoms with Crippen molar-refractivity contribution in [1.82, 2.24) is 15.6 Å². The number of nitrogens with one attached hydrogen (secondary N) is 2. The summed E-state index contributed by atoms with van der Waals surface area (Å²) in [7, 11) is 1.78. The van der Waals surface area contributed by atoms with Gasteiger partial charge in [0.2, 0.25) is 0 Å². The maximum Gasteiger partial charge on any atom is 0.191 e. The fourth-order valence-corrected chi connectivity index (χ4v) is 3.26. The number of hydrogen-bond donors (Lipinski definition) is 2. The van der Waals surface area contributed by atoms with Gasteiger partial charge >= 0.3 is 0 Å². The van der Waals surface area contributed by atoms with Crippen molar-refractivity contribution in [2.75, 3.05) is 13.7 Å². The molecule has 138 valence electrons. The molecule has 7 heteroatoms. The first-order valence-corrected chi connectivity index (χ1v) is 8.97. The highest BCUT2D eigenvalue weighted by molar-refractivity contribution is 14.0. The minimum Gasteiger partial charge on any atom is -0.377 e. The Morgan fingerprint density at radius 2 is 1.84 bits per heavy atom. The predicted molar refractivity (Wildman–Crippen MR) is 116 cm³/mol. The number of nitrogens with zero attached hydrogens (tertiary/aromatic N) is 2. The van der Waals surface area contributed by atoms with Gasteiger partial charge in [0.25, 0.3) is 0 Å². The average molecular weight is 474 g/mol. The molecule has 0 fully saturated rings. The van der Waals surface area contributed by atoms with Crippen LogP contribution in [0.4, 0.5) is 0 Å². The first-order valence-electron chi connectivity index (χ1n) is 8.16. The highest BCUT2D eigenvalue weighted by atomic mass is 127. The number of halogens is 1. The maximum absolute atomic E-state index is 5.53. The second kappa shape index (κ2) is 11.4. The van der Waals surface area contributed by atoms with Gasteiger partial charge in [0, 0.05) is 25.1 Å². The standard InChI is InChI=1S/C18H26N4OS.HI/c1-5-23-12-16-9-7-6-8-15(16)10-20-18(19-4)21-11-17-13(2)22-14(3)24-17;/h6-9H,5,10-12H2,1-4H3,(H2,19,20,21);1H. The molecule has 0 aliphatic heterocycles. The van der Waals surface area contributed by atoms with Gasteiger partial charge in [0.1, 0.15) is 0 Å². The highest BCUT2D eigenvalue weighted by Gasteiger charge is 2.07. The third-order valence-corrected chi connectivity index (χ3v) is 4.74. The number of aliphatic imine (C=N–C) groups is 1. The Morgan fingerprint density at radius 1 is 1.16 bits per heavy atom. The topological polar surface area (TPSA) is 58.5 Å². The number of benzene rings is 1. The third-order valence-electron chi connectivity index (χ3n) is 3.67. The summed E-state index contributed by atoms with van der Waals surface area (Å²) in [6.07, 6.45) is 0. The van der Waals surface area contributed by atoms with Gasteiger partial charge in [-0.2, -0.15) is 0 Å². The molecule has 0 atom stereocenters. The van der Waals surface area contributed by atoms with Crippen molar-refractivity contribution in [2.45, 2.75) is 40.5 Å². The van der Waals surface area contributed by atoms with Crippen molar-refractivity contribution >= 4 is 41.3 Å². The lowest BCUT2D eigenvalue weighted by atomic mass is 10.1. The summed E-state index contributed by atoms with van der Waals surface area (Å²) in [6.45, 7) is 8.89. The highest BCUT2D eigenvalue weighted by Crippen LogP contribution is 2.16. The number of guanidine groups is 1. The van der Waals surface area contributed by atoms with Crippen LogP contribution in [0.15, 0.2) is 29.3 Å². The number of aryl methyl sites for hydroxylation is 2.